The van der Waals surface area contributed by atoms with E-state index in [4.69, 9.17) is 4.74 Å². The average molecular weight is 288 g/mol. The Bertz CT molecular complexity index is 531. The molecular formula is C18H24O3. The Hall–Kier alpha value is -1.61. The molecule has 1 atom stereocenters. The van der Waals surface area contributed by atoms with Gasteiger partial charge in [-0.1, -0.05) is 56.9 Å². The van der Waals surface area contributed by atoms with Crippen LogP contribution in [-0.4, -0.2) is 18.2 Å². The van der Waals surface area contributed by atoms with E-state index >= 15 is 0 Å². The number of benzene rings is 1. The van der Waals surface area contributed by atoms with E-state index in [1.54, 1.807) is 0 Å². The second kappa shape index (κ2) is 7.41. The van der Waals surface area contributed by atoms with Gasteiger partial charge in [-0.2, -0.15) is 0 Å². The standard InChI is InChI=1S/C18H24O3/c1-3-4-5-6-7-11-14-13-10-8-9-12-15(13)17(19)16(14)18(20)21-2/h8-10,12,17,19H,3-7,11H2,1-2H3. The molecule has 3 heteroatoms. The largest absolute Gasteiger partial charge is 0.466 e. The molecule has 1 aliphatic carbocycles. The van der Waals surface area contributed by atoms with Crippen molar-refractivity contribution in [3.63, 3.8) is 0 Å². The van der Waals surface area contributed by atoms with Gasteiger partial charge in [0, 0.05) is 0 Å². The highest BCUT2D eigenvalue weighted by molar-refractivity contribution is 6.02. The van der Waals surface area contributed by atoms with Crippen molar-refractivity contribution < 1.29 is 14.6 Å². The molecule has 1 aromatic carbocycles. The zero-order valence-corrected chi connectivity index (χ0v) is 12.9. The Balaban J connectivity index is 2.18. The van der Waals surface area contributed by atoms with Gasteiger partial charge in [-0.3, -0.25) is 0 Å². The Morgan fingerprint density at radius 2 is 1.90 bits per heavy atom. The minimum atomic E-state index is -0.848. The predicted octanol–water partition coefficient (Wildman–Crippen LogP) is 4.02. The van der Waals surface area contributed by atoms with Crippen molar-refractivity contribution in [1.29, 1.82) is 0 Å². The van der Waals surface area contributed by atoms with Crippen molar-refractivity contribution in [2.75, 3.05) is 7.11 Å². The van der Waals surface area contributed by atoms with Crippen LogP contribution in [0.25, 0.3) is 5.57 Å². The second-order valence-electron chi connectivity index (χ2n) is 5.54. The summed E-state index contributed by atoms with van der Waals surface area (Å²) < 4.78 is 4.85. The number of hydrogen-bond donors (Lipinski definition) is 1. The summed E-state index contributed by atoms with van der Waals surface area (Å²) in [5.74, 6) is -0.415. The molecule has 0 radical (unpaired) electrons. The molecule has 1 aliphatic rings. The molecule has 21 heavy (non-hydrogen) atoms. The van der Waals surface area contributed by atoms with E-state index in [-0.39, 0.29) is 0 Å². The number of ether oxygens (including phenoxy) is 1. The minimum absolute atomic E-state index is 0.415. The lowest BCUT2D eigenvalue weighted by Crippen LogP contribution is -2.10. The minimum Gasteiger partial charge on any atom is -0.466 e. The lowest BCUT2D eigenvalue weighted by atomic mass is 9.98. The lowest BCUT2D eigenvalue weighted by Gasteiger charge is -2.09. The topological polar surface area (TPSA) is 46.5 Å². The molecule has 0 saturated carbocycles. The quantitative estimate of drug-likeness (QED) is 0.609. The van der Waals surface area contributed by atoms with Crippen LogP contribution in [0.3, 0.4) is 0 Å². The molecule has 114 valence electrons. The molecule has 0 aromatic heterocycles. The molecule has 0 bridgehead atoms. The Kier molecular flexibility index (Phi) is 5.57. The van der Waals surface area contributed by atoms with E-state index in [2.05, 4.69) is 6.92 Å². The van der Waals surface area contributed by atoms with E-state index < -0.39 is 12.1 Å². The van der Waals surface area contributed by atoms with Crippen LogP contribution in [-0.2, 0) is 9.53 Å². The second-order valence-corrected chi connectivity index (χ2v) is 5.54. The maximum absolute atomic E-state index is 12.0. The fourth-order valence-corrected chi connectivity index (χ4v) is 3.00. The molecule has 2 rings (SSSR count). The van der Waals surface area contributed by atoms with E-state index in [1.165, 1.54) is 26.4 Å². The Labute approximate surface area is 126 Å². The smallest absolute Gasteiger partial charge is 0.337 e. The first-order valence-corrected chi connectivity index (χ1v) is 7.79. The van der Waals surface area contributed by atoms with Crippen molar-refractivity contribution in [3.8, 4) is 0 Å². The highest BCUT2D eigenvalue weighted by Gasteiger charge is 2.33. The molecule has 1 unspecified atom stereocenters. The van der Waals surface area contributed by atoms with Gasteiger partial charge in [0.05, 0.1) is 12.7 Å². The number of methoxy groups -OCH3 is 1. The zero-order chi connectivity index (χ0) is 15.2. The summed E-state index contributed by atoms with van der Waals surface area (Å²) >= 11 is 0. The van der Waals surface area contributed by atoms with Crippen LogP contribution in [0.4, 0.5) is 0 Å². The molecule has 0 saturated heterocycles. The number of carbonyl (C=O) groups excluding carboxylic acids is 1. The van der Waals surface area contributed by atoms with Crippen LogP contribution in [0.15, 0.2) is 29.8 Å². The van der Waals surface area contributed by atoms with Gasteiger partial charge < -0.3 is 9.84 Å². The zero-order valence-electron chi connectivity index (χ0n) is 12.9. The summed E-state index contributed by atoms with van der Waals surface area (Å²) in [5, 5.41) is 10.4. The van der Waals surface area contributed by atoms with E-state index in [9.17, 15) is 9.90 Å². The summed E-state index contributed by atoms with van der Waals surface area (Å²) in [6.07, 6.45) is 5.86. The van der Waals surface area contributed by atoms with Crippen LogP contribution in [0.5, 0.6) is 0 Å². The van der Waals surface area contributed by atoms with Crippen LogP contribution in [0.1, 0.15) is 62.7 Å². The van der Waals surface area contributed by atoms with Gasteiger partial charge in [-0.15, -0.1) is 0 Å². The summed E-state index contributed by atoms with van der Waals surface area (Å²) in [7, 11) is 1.36. The van der Waals surface area contributed by atoms with Crippen molar-refractivity contribution in [1.82, 2.24) is 0 Å². The van der Waals surface area contributed by atoms with Crippen molar-refractivity contribution in [2.24, 2.45) is 0 Å². The van der Waals surface area contributed by atoms with Gasteiger partial charge in [0.15, 0.2) is 0 Å². The summed E-state index contributed by atoms with van der Waals surface area (Å²) in [6.45, 7) is 2.20. The van der Waals surface area contributed by atoms with E-state index in [1.807, 2.05) is 24.3 Å². The third-order valence-corrected chi connectivity index (χ3v) is 4.11. The fourth-order valence-electron chi connectivity index (χ4n) is 3.00. The molecule has 0 spiro atoms. The number of fused-ring (bicyclic) bond motifs is 1. The molecule has 1 aromatic rings. The first-order valence-electron chi connectivity index (χ1n) is 7.79. The fraction of sp³-hybridized carbons (Fsp3) is 0.500. The summed E-state index contributed by atoms with van der Waals surface area (Å²) in [4.78, 5) is 12.0. The van der Waals surface area contributed by atoms with Gasteiger partial charge in [-0.05, 0) is 29.5 Å². The summed E-state index contributed by atoms with van der Waals surface area (Å²) in [6, 6.07) is 7.70. The third kappa shape index (κ3) is 3.35. The molecule has 0 aliphatic heterocycles. The highest BCUT2D eigenvalue weighted by Crippen LogP contribution is 2.43. The van der Waals surface area contributed by atoms with Gasteiger partial charge in [0.1, 0.15) is 6.10 Å². The van der Waals surface area contributed by atoms with Crippen LogP contribution >= 0.6 is 0 Å². The number of unbranched alkanes of at least 4 members (excludes halogenated alkanes) is 4. The molecule has 0 fully saturated rings. The first kappa shape index (κ1) is 15.8. The van der Waals surface area contributed by atoms with Crippen molar-refractivity contribution >= 4 is 11.5 Å². The highest BCUT2D eigenvalue weighted by atomic mass is 16.5. The number of aliphatic hydroxyl groups is 1. The first-order chi connectivity index (χ1) is 10.2. The number of rotatable bonds is 7. The van der Waals surface area contributed by atoms with Crippen molar-refractivity contribution in [3.05, 3.63) is 41.0 Å². The number of carbonyl (C=O) groups is 1. The maximum Gasteiger partial charge on any atom is 0.337 e. The number of hydrogen-bond acceptors (Lipinski definition) is 3. The van der Waals surface area contributed by atoms with Gasteiger partial charge in [0.2, 0.25) is 0 Å². The SMILES string of the molecule is CCCCCCCC1=C(C(=O)OC)C(O)c2ccccc21. The molecular weight excluding hydrogens is 264 g/mol. The molecule has 3 nitrogen and oxygen atoms in total. The Morgan fingerprint density at radius 3 is 2.62 bits per heavy atom. The number of esters is 1. The monoisotopic (exact) mass is 288 g/mol. The van der Waals surface area contributed by atoms with Crippen LogP contribution < -0.4 is 0 Å². The van der Waals surface area contributed by atoms with Gasteiger partial charge in [0.25, 0.3) is 0 Å². The third-order valence-electron chi connectivity index (χ3n) is 4.11. The van der Waals surface area contributed by atoms with Crippen LogP contribution in [0, 0.1) is 0 Å². The average Bonchev–Trinajstić information content (AvgIpc) is 2.79. The van der Waals surface area contributed by atoms with Gasteiger partial charge >= 0.3 is 5.97 Å². The number of aliphatic hydroxyl groups excluding tert-OH is 1. The van der Waals surface area contributed by atoms with Crippen molar-refractivity contribution in [2.45, 2.75) is 51.6 Å². The van der Waals surface area contributed by atoms with E-state index in [0.29, 0.717) is 5.57 Å². The lowest BCUT2D eigenvalue weighted by molar-refractivity contribution is -0.137. The maximum atomic E-state index is 12.0. The molecule has 0 amide bonds. The van der Waals surface area contributed by atoms with Crippen LogP contribution in [0.2, 0.25) is 0 Å². The number of allylic oxidation sites excluding steroid dienone is 1. The Morgan fingerprint density at radius 1 is 1.19 bits per heavy atom. The van der Waals surface area contributed by atoms with E-state index in [0.717, 1.165) is 36.0 Å². The molecule has 0 heterocycles. The van der Waals surface area contributed by atoms with Gasteiger partial charge in [-0.25, -0.2) is 4.79 Å². The predicted molar refractivity (Wildman–Crippen MR) is 83.7 cm³/mol. The molecule has 1 N–H and O–H groups in total. The summed E-state index contributed by atoms with van der Waals surface area (Å²) in [5.41, 5.74) is 3.21. The normalized spacial score (nSPS) is 17.0.